The average molecular weight is 766 g/mol. The van der Waals surface area contributed by atoms with Crippen LogP contribution in [0.2, 0.25) is 0 Å². The first-order valence-electron chi connectivity index (χ1n) is 20.3. The summed E-state index contributed by atoms with van der Waals surface area (Å²) in [4.78, 5) is 31.0. The fourth-order valence-electron chi connectivity index (χ4n) is 9.40. The minimum atomic E-state index is -1.28. The van der Waals surface area contributed by atoms with E-state index in [0.717, 1.165) is 45.9 Å². The molecule has 0 radical (unpaired) electrons. The average Bonchev–Trinajstić information content (AvgIpc) is 3.48. The van der Waals surface area contributed by atoms with Crippen LogP contribution in [-0.2, 0) is 24.2 Å². The summed E-state index contributed by atoms with van der Waals surface area (Å²) in [5, 5.41) is 26.5. The van der Waals surface area contributed by atoms with Gasteiger partial charge in [-0.05, 0) is 109 Å². The van der Waals surface area contributed by atoms with Crippen molar-refractivity contribution in [3.63, 3.8) is 0 Å². The van der Waals surface area contributed by atoms with Gasteiger partial charge in [-0.3, -0.25) is 9.59 Å². The van der Waals surface area contributed by atoms with Gasteiger partial charge in [0.1, 0.15) is 0 Å². The number of carbonyl (C=O) groups excluding carboxylic acids is 2. The van der Waals surface area contributed by atoms with Gasteiger partial charge in [-0.1, -0.05) is 110 Å². The van der Waals surface area contributed by atoms with Gasteiger partial charge in [0.25, 0.3) is 0 Å². The topological polar surface area (TPSA) is 96.3 Å². The largest absolute Gasteiger partial charge is 0.493 e. The van der Waals surface area contributed by atoms with Crippen molar-refractivity contribution in [2.75, 3.05) is 20.8 Å². The third-order valence-corrected chi connectivity index (χ3v) is 12.8. The number of hydrogen-bond acceptors (Lipinski definition) is 6. The Bertz CT molecular complexity index is 2260. The number of aliphatic hydroxyl groups excluding tert-OH is 1. The monoisotopic (exact) mass is 765 g/mol. The van der Waals surface area contributed by atoms with Crippen LogP contribution in [0.4, 0.5) is 0 Å². The van der Waals surface area contributed by atoms with Gasteiger partial charge in [0.2, 0.25) is 5.91 Å². The number of benzene rings is 5. The van der Waals surface area contributed by atoms with Crippen LogP contribution < -0.4 is 9.47 Å². The Kier molecular flexibility index (Phi) is 12.0. The fraction of sp³-hybridized carbons (Fsp3) is 0.360. The molecule has 2 bridgehead atoms. The van der Waals surface area contributed by atoms with Crippen molar-refractivity contribution in [1.29, 1.82) is 0 Å². The molecule has 4 unspecified atom stereocenters. The van der Waals surface area contributed by atoms with Crippen LogP contribution >= 0.6 is 0 Å². The predicted octanol–water partition coefficient (Wildman–Crippen LogP) is 9.40. The molecule has 4 atom stereocenters. The van der Waals surface area contributed by atoms with Crippen LogP contribution in [0.25, 0.3) is 10.8 Å². The molecule has 296 valence electrons. The third-order valence-electron chi connectivity index (χ3n) is 12.8. The van der Waals surface area contributed by atoms with E-state index in [1.165, 1.54) is 5.57 Å². The zero-order valence-corrected chi connectivity index (χ0v) is 33.7. The Morgan fingerprint density at radius 2 is 1.60 bits per heavy atom. The maximum Gasteiger partial charge on any atom is 0.227 e. The first kappa shape index (κ1) is 40.0. The molecule has 1 fully saturated rings. The SMILES string of the molecule is COc1ccc(CC(=O)N(Cc2cccc3ccccc23)CC2(O)CCC3c4ccc(cc4C(=O)c4ccccc4)CC(O)CCC(C)=CCCC32C)cc1OC. The van der Waals surface area contributed by atoms with Crippen LogP contribution in [0, 0.1) is 5.41 Å². The highest BCUT2D eigenvalue weighted by molar-refractivity contribution is 6.10. The Labute approximate surface area is 337 Å². The van der Waals surface area contributed by atoms with Gasteiger partial charge in [0.15, 0.2) is 17.3 Å². The molecule has 7 heteroatoms. The van der Waals surface area contributed by atoms with Crippen molar-refractivity contribution in [2.24, 2.45) is 5.41 Å². The second kappa shape index (κ2) is 17.1. The summed E-state index contributed by atoms with van der Waals surface area (Å²) in [6.07, 6.45) is 6.18. The molecular weight excluding hydrogens is 711 g/mol. The summed E-state index contributed by atoms with van der Waals surface area (Å²) < 4.78 is 11.0. The number of allylic oxidation sites excluding steroid dienone is 2. The van der Waals surface area contributed by atoms with Gasteiger partial charge >= 0.3 is 0 Å². The lowest BCUT2D eigenvalue weighted by molar-refractivity contribution is -0.140. The number of methoxy groups -OCH3 is 2. The van der Waals surface area contributed by atoms with Crippen LogP contribution in [0.1, 0.15) is 96.5 Å². The molecule has 0 aliphatic heterocycles. The minimum absolute atomic E-state index is 0.0646. The van der Waals surface area contributed by atoms with Gasteiger partial charge < -0.3 is 24.6 Å². The van der Waals surface area contributed by atoms with Gasteiger partial charge in [0, 0.05) is 23.1 Å². The molecule has 1 saturated carbocycles. The van der Waals surface area contributed by atoms with E-state index in [-0.39, 0.29) is 30.6 Å². The zero-order chi connectivity index (χ0) is 40.2. The Morgan fingerprint density at radius 3 is 2.39 bits per heavy atom. The van der Waals surface area contributed by atoms with E-state index in [2.05, 4.69) is 50.3 Å². The van der Waals surface area contributed by atoms with Gasteiger partial charge in [0.05, 0.1) is 38.9 Å². The van der Waals surface area contributed by atoms with E-state index in [4.69, 9.17) is 9.47 Å². The van der Waals surface area contributed by atoms with Crippen LogP contribution in [0.3, 0.4) is 0 Å². The number of hydrogen-bond donors (Lipinski definition) is 2. The number of ketones is 1. The fourth-order valence-corrected chi connectivity index (χ4v) is 9.40. The molecule has 3 aliphatic carbocycles. The molecule has 2 N–H and O–H groups in total. The Balaban J connectivity index is 1.31. The molecule has 0 spiro atoms. The maximum absolute atomic E-state index is 14.7. The van der Waals surface area contributed by atoms with E-state index in [9.17, 15) is 19.8 Å². The lowest BCUT2D eigenvalue weighted by Gasteiger charge is -2.46. The Hall–Kier alpha value is -5.24. The molecule has 8 rings (SSSR count). The molecule has 7 nitrogen and oxygen atoms in total. The lowest BCUT2D eigenvalue weighted by Crippen LogP contribution is -2.53. The summed E-state index contributed by atoms with van der Waals surface area (Å²) in [6, 6.07) is 35.4. The van der Waals surface area contributed by atoms with Crippen molar-refractivity contribution in [3.05, 3.63) is 154 Å². The van der Waals surface area contributed by atoms with Crippen molar-refractivity contribution in [3.8, 4) is 11.5 Å². The molecule has 5 aromatic carbocycles. The molecule has 5 aromatic rings. The predicted molar refractivity (Wildman–Crippen MR) is 226 cm³/mol. The molecule has 0 heterocycles. The van der Waals surface area contributed by atoms with Gasteiger partial charge in [-0.25, -0.2) is 0 Å². The number of carbonyl (C=O) groups is 2. The molecule has 1 amide bonds. The van der Waals surface area contributed by atoms with Gasteiger partial charge in [-0.15, -0.1) is 0 Å². The molecule has 0 aromatic heterocycles. The summed E-state index contributed by atoms with van der Waals surface area (Å²) in [7, 11) is 3.17. The highest BCUT2D eigenvalue weighted by atomic mass is 16.5. The highest BCUT2D eigenvalue weighted by Crippen LogP contribution is 2.59. The second-order valence-corrected chi connectivity index (χ2v) is 16.4. The maximum atomic E-state index is 14.7. The molecule has 3 aliphatic rings. The standard InChI is InChI=1S/C50H55NO6/c1-34-12-11-26-49(2)44(42-23-20-35(28-40(52)22-19-34)29-43(42)48(54)38-14-6-5-7-15-38)25-27-50(49,55)33-51(32-39-17-10-16-37-13-8-9-18-41(37)39)47(53)31-36-21-24-45(56-3)46(30-36)57-4/h5-10,12-18,20-21,23-24,29-30,40,44,52,55H,11,19,22,25-28,31-33H2,1-4H3. The van der Waals surface area contributed by atoms with E-state index < -0.39 is 17.1 Å². The van der Waals surface area contributed by atoms with Crippen LogP contribution in [0.15, 0.2) is 121 Å². The first-order chi connectivity index (χ1) is 27.5. The van der Waals surface area contributed by atoms with Crippen LogP contribution in [0.5, 0.6) is 11.5 Å². The van der Waals surface area contributed by atoms with E-state index in [1.807, 2.05) is 83.8 Å². The minimum Gasteiger partial charge on any atom is -0.493 e. The van der Waals surface area contributed by atoms with Crippen molar-refractivity contribution < 1.29 is 29.3 Å². The van der Waals surface area contributed by atoms with Crippen molar-refractivity contribution in [2.45, 2.75) is 89.4 Å². The third kappa shape index (κ3) is 8.41. The van der Waals surface area contributed by atoms with E-state index in [1.54, 1.807) is 14.2 Å². The Morgan fingerprint density at radius 1 is 0.842 bits per heavy atom. The van der Waals surface area contributed by atoms with Gasteiger partial charge in [-0.2, -0.15) is 0 Å². The van der Waals surface area contributed by atoms with E-state index in [0.29, 0.717) is 61.3 Å². The normalized spacial score (nSPS) is 22.3. The zero-order valence-electron chi connectivity index (χ0n) is 33.7. The highest BCUT2D eigenvalue weighted by Gasteiger charge is 2.57. The second-order valence-electron chi connectivity index (χ2n) is 16.4. The quantitative estimate of drug-likeness (QED) is 0.109. The number of fused-ring (bicyclic) bond motifs is 9. The smallest absolute Gasteiger partial charge is 0.227 e. The number of rotatable bonds is 10. The number of amides is 1. The summed E-state index contributed by atoms with van der Waals surface area (Å²) in [5.74, 6) is 0.812. The van der Waals surface area contributed by atoms with Crippen molar-refractivity contribution in [1.82, 2.24) is 4.90 Å². The summed E-state index contributed by atoms with van der Waals surface area (Å²) in [6.45, 7) is 4.74. The van der Waals surface area contributed by atoms with Crippen LogP contribution in [-0.4, -0.2) is 59.3 Å². The first-order valence-corrected chi connectivity index (χ1v) is 20.3. The lowest BCUT2D eigenvalue weighted by atomic mass is 9.64. The molecule has 57 heavy (non-hydrogen) atoms. The summed E-state index contributed by atoms with van der Waals surface area (Å²) in [5.41, 5.74) is 4.07. The van der Waals surface area contributed by atoms with Crippen molar-refractivity contribution >= 4 is 22.5 Å². The van der Waals surface area contributed by atoms with E-state index >= 15 is 0 Å². The summed E-state index contributed by atoms with van der Waals surface area (Å²) >= 11 is 0. The number of aliphatic hydroxyl groups is 2. The molecule has 0 saturated heterocycles. The number of nitrogens with zero attached hydrogens (tertiary/aromatic N) is 1. The molecular formula is C50H55NO6. The number of ether oxygens (including phenoxy) is 2.